The second-order valence-corrected chi connectivity index (χ2v) is 13.5. The standard InChI is InChI=1S/C14H20N2O2S.C10H13F2OP.C4H8O.C4H10.C2H6/c1-10-8-12(9-15-11(10)2)13(17)16-14(3)4-6-19(18)7-5-14;1-2-3-7-6-8(13-10(12)14)4-5-9(7)11;1-3-4(2)5;1-4(2)3;1-2/h8-9H,4-7H2,1-3H3,(H,16,17);4-6,10H,2-3,14H2,1H3;3H2,1-2H3;4H,1-3H3;1-2H3. The highest BCUT2D eigenvalue weighted by Crippen LogP contribution is 2.22. The Kier molecular flexibility index (Phi) is 24.0. The van der Waals surface area contributed by atoms with Gasteiger partial charge in [-0.15, -0.1) is 0 Å². The molecular weight excluding hydrogens is 601 g/mol. The summed E-state index contributed by atoms with van der Waals surface area (Å²) in [6.45, 7) is 21.8. The monoisotopic (exact) mass is 658 g/mol. The number of carbonyl (C=O) groups is 2. The number of halogens is 2. The van der Waals surface area contributed by atoms with E-state index >= 15 is 0 Å². The number of nitrogens with zero attached hydrogens (tertiary/aromatic N) is 1. The van der Waals surface area contributed by atoms with Crippen LogP contribution < -0.4 is 10.1 Å². The minimum absolute atomic E-state index is 0.0919. The number of benzene rings is 1. The number of aryl methyl sites for hydroxylation is 3. The number of alkyl halides is 1. The highest BCUT2D eigenvalue weighted by atomic mass is 32.2. The summed E-state index contributed by atoms with van der Waals surface area (Å²) in [5, 5.41) is 3.07. The molecule has 1 aromatic carbocycles. The smallest absolute Gasteiger partial charge is 0.253 e. The van der Waals surface area contributed by atoms with Gasteiger partial charge in [0.15, 0.2) is 0 Å². The fraction of sp³-hybridized carbons (Fsp3) is 0.618. The Bertz CT molecular complexity index is 1130. The molecule has 2 atom stereocenters. The van der Waals surface area contributed by atoms with Crippen LogP contribution in [0.5, 0.6) is 5.75 Å². The molecule has 10 heteroatoms. The van der Waals surface area contributed by atoms with Gasteiger partial charge in [-0.2, -0.15) is 4.39 Å². The van der Waals surface area contributed by atoms with Gasteiger partial charge >= 0.3 is 0 Å². The molecule has 44 heavy (non-hydrogen) atoms. The Morgan fingerprint density at radius 2 is 1.64 bits per heavy atom. The zero-order valence-corrected chi connectivity index (χ0v) is 30.8. The molecule has 0 spiro atoms. The summed E-state index contributed by atoms with van der Waals surface area (Å²) < 4.78 is 41.8. The first-order valence-electron chi connectivity index (χ1n) is 15.5. The molecule has 2 heterocycles. The van der Waals surface area contributed by atoms with Crippen LogP contribution in [0.15, 0.2) is 30.5 Å². The van der Waals surface area contributed by atoms with Crippen LogP contribution in [-0.4, -0.2) is 44.0 Å². The van der Waals surface area contributed by atoms with Crippen LogP contribution in [0, 0.1) is 25.6 Å². The summed E-state index contributed by atoms with van der Waals surface area (Å²) in [6.07, 6.45) is 3.85. The highest BCUT2D eigenvalue weighted by molar-refractivity contribution is 7.85. The number of hydrogen-bond donors (Lipinski definition) is 1. The van der Waals surface area contributed by atoms with E-state index in [1.807, 2.05) is 63.8 Å². The van der Waals surface area contributed by atoms with Crippen molar-refractivity contribution in [3.8, 4) is 5.75 Å². The predicted octanol–water partition coefficient (Wildman–Crippen LogP) is 8.69. The summed E-state index contributed by atoms with van der Waals surface area (Å²) in [5.74, 6) is 2.43. The fourth-order valence-corrected chi connectivity index (χ4v) is 5.08. The van der Waals surface area contributed by atoms with Crippen molar-refractivity contribution in [1.29, 1.82) is 0 Å². The van der Waals surface area contributed by atoms with Crippen molar-refractivity contribution in [3.05, 3.63) is 58.7 Å². The van der Waals surface area contributed by atoms with Gasteiger partial charge in [-0.05, 0) is 88.3 Å². The maximum atomic E-state index is 13.1. The second-order valence-electron chi connectivity index (χ2n) is 11.2. The topological polar surface area (TPSA) is 85.4 Å². The van der Waals surface area contributed by atoms with E-state index in [1.54, 1.807) is 13.1 Å². The molecule has 3 rings (SSSR count). The lowest BCUT2D eigenvalue weighted by atomic mass is 9.94. The lowest BCUT2D eigenvalue weighted by molar-refractivity contribution is -0.116. The van der Waals surface area contributed by atoms with Crippen molar-refractivity contribution in [3.63, 3.8) is 0 Å². The van der Waals surface area contributed by atoms with Crippen LogP contribution in [0.3, 0.4) is 0 Å². The minimum atomic E-state index is -1.45. The number of aromatic nitrogens is 1. The van der Waals surface area contributed by atoms with E-state index in [0.717, 1.165) is 36.4 Å². The summed E-state index contributed by atoms with van der Waals surface area (Å²) in [6, 6.07) is 6.12. The third-order valence-electron chi connectivity index (χ3n) is 6.06. The highest BCUT2D eigenvalue weighted by Gasteiger charge is 2.31. The second kappa shape index (κ2) is 24.0. The number of ether oxygens (including phenoxy) is 1. The molecule has 1 aliphatic heterocycles. The first kappa shape index (κ1) is 43.9. The van der Waals surface area contributed by atoms with E-state index in [4.69, 9.17) is 4.74 Å². The zero-order chi connectivity index (χ0) is 34.5. The van der Waals surface area contributed by atoms with Crippen molar-refractivity contribution in [2.24, 2.45) is 5.92 Å². The summed E-state index contributed by atoms with van der Waals surface area (Å²) in [4.78, 5) is 26.3. The third-order valence-corrected chi connectivity index (χ3v) is 7.52. The van der Waals surface area contributed by atoms with Gasteiger partial charge in [0.25, 0.3) is 5.91 Å². The van der Waals surface area contributed by atoms with Crippen molar-refractivity contribution in [2.75, 3.05) is 11.5 Å². The number of carbonyl (C=O) groups excluding carboxylic acids is 2. The molecule has 1 N–H and O–H groups in total. The third kappa shape index (κ3) is 20.7. The molecule has 1 fully saturated rings. The van der Waals surface area contributed by atoms with Crippen molar-refractivity contribution < 1.29 is 27.3 Å². The molecule has 2 unspecified atom stereocenters. The van der Waals surface area contributed by atoms with Crippen molar-refractivity contribution >= 4 is 31.7 Å². The summed E-state index contributed by atoms with van der Waals surface area (Å²) >= 11 is 0. The molecule has 1 aliphatic rings. The van der Waals surface area contributed by atoms with E-state index < -0.39 is 16.9 Å². The molecular formula is C34H57F2N2O4PS. The fourth-order valence-electron chi connectivity index (χ4n) is 3.36. The van der Waals surface area contributed by atoms with Crippen molar-refractivity contribution in [1.82, 2.24) is 10.3 Å². The van der Waals surface area contributed by atoms with Crippen LogP contribution in [0.4, 0.5) is 8.78 Å². The van der Waals surface area contributed by atoms with Gasteiger partial charge in [0.1, 0.15) is 17.3 Å². The first-order chi connectivity index (χ1) is 20.5. The first-order valence-corrected chi connectivity index (χ1v) is 17.6. The molecule has 0 aliphatic carbocycles. The van der Waals surface area contributed by atoms with E-state index in [9.17, 15) is 22.6 Å². The largest absolute Gasteiger partial charge is 0.457 e. The van der Waals surface area contributed by atoms with E-state index in [-0.39, 0.29) is 23.0 Å². The molecule has 1 aromatic heterocycles. The number of rotatable bonds is 7. The quantitative estimate of drug-likeness (QED) is 0.301. The zero-order valence-electron chi connectivity index (χ0n) is 28.8. The normalized spacial score (nSPS) is 17.5. The molecule has 1 saturated heterocycles. The van der Waals surface area contributed by atoms with Crippen molar-refractivity contribution in [2.45, 2.75) is 120 Å². The molecule has 2 aromatic rings. The van der Waals surface area contributed by atoms with Gasteiger partial charge in [-0.25, -0.2) is 4.39 Å². The van der Waals surface area contributed by atoms with Gasteiger partial charge in [-0.3, -0.25) is 14.0 Å². The molecule has 0 bridgehead atoms. The molecule has 252 valence electrons. The van der Waals surface area contributed by atoms with Crippen LogP contribution >= 0.6 is 9.24 Å². The Labute approximate surface area is 270 Å². The number of nitrogens with one attached hydrogen (secondary N) is 1. The van der Waals surface area contributed by atoms with E-state index in [2.05, 4.69) is 31.1 Å². The maximum absolute atomic E-state index is 13.1. The Morgan fingerprint density at radius 1 is 1.11 bits per heavy atom. The van der Waals surface area contributed by atoms with E-state index in [1.165, 1.54) is 18.2 Å². The van der Waals surface area contributed by atoms with Gasteiger partial charge < -0.3 is 14.8 Å². The van der Waals surface area contributed by atoms with Gasteiger partial charge in [0.2, 0.25) is 6.10 Å². The van der Waals surface area contributed by atoms with Crippen LogP contribution in [0.25, 0.3) is 0 Å². The summed E-state index contributed by atoms with van der Waals surface area (Å²) in [7, 11) is 1.16. The lowest BCUT2D eigenvalue weighted by Crippen LogP contribution is -2.50. The van der Waals surface area contributed by atoms with Crippen LogP contribution in [0.1, 0.15) is 115 Å². The molecule has 6 nitrogen and oxygen atoms in total. The molecule has 1 amide bonds. The molecule has 0 saturated carbocycles. The SMILES string of the molecule is CC.CC(C)C.CCC(C)=O.CCCc1cc(OC(F)P)ccc1F.Cc1cc(C(=O)NC2(C)CCS(=O)CC2)cnc1C. The molecule has 0 radical (unpaired) electrons. The summed E-state index contributed by atoms with van der Waals surface area (Å²) in [5.41, 5.74) is 2.87. The maximum Gasteiger partial charge on any atom is 0.253 e. The number of ketones is 1. The Balaban J connectivity index is 0. The number of Topliss-reactive ketones (excluding diaryl/α,β-unsaturated/α-hetero) is 1. The van der Waals surface area contributed by atoms with Crippen LogP contribution in [0.2, 0.25) is 0 Å². The minimum Gasteiger partial charge on any atom is -0.457 e. The lowest BCUT2D eigenvalue weighted by Gasteiger charge is -2.34. The van der Waals surface area contributed by atoms with E-state index in [0.29, 0.717) is 41.2 Å². The van der Waals surface area contributed by atoms with Gasteiger partial charge in [0.05, 0.1) is 5.56 Å². The number of amides is 1. The van der Waals surface area contributed by atoms with Gasteiger partial charge in [0, 0.05) is 46.2 Å². The Morgan fingerprint density at radius 3 is 2.07 bits per heavy atom. The van der Waals surface area contributed by atoms with Crippen LogP contribution in [-0.2, 0) is 22.0 Å². The Hall–Kier alpha value is -2.25. The predicted molar refractivity (Wildman–Crippen MR) is 185 cm³/mol. The van der Waals surface area contributed by atoms with Gasteiger partial charge in [-0.1, -0.05) is 64.1 Å². The number of pyridine rings is 1. The number of hydrogen-bond acceptors (Lipinski definition) is 5. The average Bonchev–Trinajstić information content (AvgIpc) is 2.95. The average molecular weight is 659 g/mol.